The fourth-order valence-corrected chi connectivity index (χ4v) is 7.22. The Morgan fingerprint density at radius 1 is 1.42 bits per heavy atom. The SMILES string of the molecule is CO/N=C1\C[C@@H](C)[C@]23C[C@@H](CO)N(C(=O)c4cccs4)Cc4cc(OC)c(Br)c(c42)O[C@@H]3C1. The Balaban J connectivity index is 1.69. The van der Waals surface area contributed by atoms with E-state index in [-0.39, 0.29) is 36.0 Å². The molecule has 2 aromatic rings. The van der Waals surface area contributed by atoms with E-state index in [4.69, 9.17) is 14.3 Å². The van der Waals surface area contributed by atoms with Crippen molar-refractivity contribution in [1.29, 1.82) is 0 Å². The van der Waals surface area contributed by atoms with Crippen molar-refractivity contribution in [1.82, 2.24) is 4.90 Å². The number of oxime groups is 1. The zero-order chi connectivity index (χ0) is 23.3. The van der Waals surface area contributed by atoms with Gasteiger partial charge >= 0.3 is 0 Å². The lowest BCUT2D eigenvalue weighted by molar-refractivity contribution is 0.0336. The largest absolute Gasteiger partial charge is 0.495 e. The van der Waals surface area contributed by atoms with Crippen LogP contribution in [-0.2, 0) is 16.8 Å². The molecule has 3 aliphatic rings. The normalized spacial score (nSPS) is 29.2. The van der Waals surface area contributed by atoms with Crippen LogP contribution < -0.4 is 9.47 Å². The molecule has 5 rings (SSSR count). The Morgan fingerprint density at radius 2 is 2.24 bits per heavy atom. The minimum Gasteiger partial charge on any atom is -0.495 e. The minimum atomic E-state index is -0.357. The van der Waals surface area contributed by atoms with Gasteiger partial charge in [0.05, 0.1) is 30.3 Å². The summed E-state index contributed by atoms with van der Waals surface area (Å²) >= 11 is 5.13. The fourth-order valence-electron chi connectivity index (χ4n) is 5.98. The summed E-state index contributed by atoms with van der Waals surface area (Å²) in [6.07, 6.45) is 1.86. The van der Waals surface area contributed by atoms with Crippen LogP contribution in [0.5, 0.6) is 11.5 Å². The summed E-state index contributed by atoms with van der Waals surface area (Å²) in [4.78, 5) is 21.1. The Kier molecular flexibility index (Phi) is 5.91. The van der Waals surface area contributed by atoms with Gasteiger partial charge in [-0.15, -0.1) is 11.3 Å². The van der Waals surface area contributed by atoms with Crippen LogP contribution in [0.25, 0.3) is 0 Å². The maximum atomic E-state index is 13.5. The van der Waals surface area contributed by atoms with E-state index in [9.17, 15) is 9.90 Å². The van der Waals surface area contributed by atoms with Crippen LogP contribution in [0.3, 0.4) is 0 Å². The number of thiophene rings is 1. The van der Waals surface area contributed by atoms with Crippen molar-refractivity contribution in [2.24, 2.45) is 11.1 Å². The molecule has 1 aliphatic carbocycles. The molecule has 1 aromatic carbocycles. The number of carbonyl (C=O) groups is 1. The summed E-state index contributed by atoms with van der Waals surface area (Å²) < 4.78 is 13.1. The highest BCUT2D eigenvalue weighted by Gasteiger charge is 2.59. The molecular weight excluding hydrogens is 508 g/mol. The monoisotopic (exact) mass is 534 g/mol. The highest BCUT2D eigenvalue weighted by atomic mass is 79.9. The highest BCUT2D eigenvalue weighted by molar-refractivity contribution is 9.10. The van der Waals surface area contributed by atoms with E-state index in [0.717, 1.165) is 33.5 Å². The van der Waals surface area contributed by atoms with Crippen LogP contribution in [0.15, 0.2) is 33.2 Å². The van der Waals surface area contributed by atoms with Gasteiger partial charge in [0.2, 0.25) is 0 Å². The first kappa shape index (κ1) is 22.7. The number of aliphatic hydroxyl groups is 1. The number of carbonyl (C=O) groups excluding carboxylic acids is 1. The van der Waals surface area contributed by atoms with Crippen LogP contribution in [0.2, 0.25) is 0 Å². The first-order valence-corrected chi connectivity index (χ1v) is 12.7. The number of aliphatic hydroxyl groups excluding tert-OH is 1. The summed E-state index contributed by atoms with van der Waals surface area (Å²) in [5, 5.41) is 16.6. The van der Waals surface area contributed by atoms with Gasteiger partial charge in [-0.2, -0.15) is 0 Å². The second kappa shape index (κ2) is 8.60. The summed E-state index contributed by atoms with van der Waals surface area (Å²) in [5.74, 6) is 1.57. The standard InChI is InChI=1S/C24H27BrN2O5S/c1-13-7-15(26-31-3)9-19-24(13)10-16(12-28)27(23(29)18-5-4-6-33-18)11-14-8-17(30-2)21(25)22(32-19)20(14)24/h4-6,8,13,16,19,28H,7,9-12H2,1-3H3/b26-15+/t13-,16+,19-,24+/m1/s1. The van der Waals surface area contributed by atoms with E-state index in [1.807, 2.05) is 28.5 Å². The Morgan fingerprint density at radius 3 is 2.91 bits per heavy atom. The van der Waals surface area contributed by atoms with E-state index in [2.05, 4.69) is 28.0 Å². The van der Waals surface area contributed by atoms with Crippen LogP contribution in [-0.4, -0.2) is 54.6 Å². The zero-order valence-electron chi connectivity index (χ0n) is 18.8. The molecule has 1 aromatic heterocycles. The summed E-state index contributed by atoms with van der Waals surface area (Å²) in [6.45, 7) is 2.49. The third-order valence-corrected chi connectivity index (χ3v) is 9.02. The van der Waals surface area contributed by atoms with Gasteiger partial charge in [-0.3, -0.25) is 4.79 Å². The number of hydrogen-bond donors (Lipinski definition) is 1. The first-order valence-electron chi connectivity index (χ1n) is 11.0. The molecule has 3 heterocycles. The first-order chi connectivity index (χ1) is 15.9. The highest BCUT2D eigenvalue weighted by Crippen LogP contribution is 2.60. The summed E-state index contributed by atoms with van der Waals surface area (Å²) in [6, 6.07) is 5.39. The van der Waals surface area contributed by atoms with Crippen molar-refractivity contribution in [2.45, 2.75) is 50.3 Å². The summed E-state index contributed by atoms with van der Waals surface area (Å²) in [7, 11) is 3.19. The van der Waals surface area contributed by atoms with E-state index in [1.54, 1.807) is 14.2 Å². The lowest BCUT2D eigenvalue weighted by Gasteiger charge is -2.45. The Hall–Kier alpha value is -2.10. The van der Waals surface area contributed by atoms with E-state index in [1.165, 1.54) is 11.3 Å². The fraction of sp³-hybridized carbons (Fsp3) is 0.500. The van der Waals surface area contributed by atoms with Crippen molar-refractivity contribution in [3.05, 3.63) is 44.1 Å². The topological polar surface area (TPSA) is 80.6 Å². The zero-order valence-corrected chi connectivity index (χ0v) is 21.2. The number of benzene rings is 1. The van der Waals surface area contributed by atoms with Gasteiger partial charge in [-0.25, -0.2) is 0 Å². The molecule has 2 aliphatic heterocycles. The molecule has 4 atom stereocenters. The third-order valence-electron chi connectivity index (χ3n) is 7.41. The van der Waals surface area contributed by atoms with Crippen LogP contribution in [0.1, 0.15) is 47.0 Å². The van der Waals surface area contributed by atoms with Gasteiger partial charge in [-0.05, 0) is 57.8 Å². The van der Waals surface area contributed by atoms with Crippen molar-refractivity contribution >= 4 is 38.9 Å². The molecule has 1 fully saturated rings. The predicted octanol–water partition coefficient (Wildman–Crippen LogP) is 4.36. The van der Waals surface area contributed by atoms with Gasteiger partial charge in [-0.1, -0.05) is 18.1 Å². The average molecular weight is 535 g/mol. The average Bonchev–Trinajstić information content (AvgIpc) is 3.42. The number of nitrogens with zero attached hydrogens (tertiary/aromatic N) is 2. The number of halogens is 1. The second-order valence-electron chi connectivity index (χ2n) is 9.00. The molecule has 1 amide bonds. The van der Waals surface area contributed by atoms with Gasteiger partial charge in [0, 0.05) is 23.9 Å². The third kappa shape index (κ3) is 3.39. The molecule has 0 bridgehead atoms. The molecule has 1 spiro atoms. The second-order valence-corrected chi connectivity index (χ2v) is 10.7. The van der Waals surface area contributed by atoms with Crippen molar-refractivity contribution in [2.75, 3.05) is 20.8 Å². The molecule has 176 valence electrons. The number of hydrogen-bond acceptors (Lipinski definition) is 7. The van der Waals surface area contributed by atoms with Crippen LogP contribution in [0, 0.1) is 5.92 Å². The van der Waals surface area contributed by atoms with Crippen LogP contribution in [0.4, 0.5) is 0 Å². The maximum Gasteiger partial charge on any atom is 0.264 e. The molecular formula is C24H27BrN2O5S. The van der Waals surface area contributed by atoms with Crippen molar-refractivity contribution in [3.63, 3.8) is 0 Å². The van der Waals surface area contributed by atoms with E-state index in [0.29, 0.717) is 30.0 Å². The predicted molar refractivity (Wildman–Crippen MR) is 129 cm³/mol. The van der Waals surface area contributed by atoms with Gasteiger partial charge in [0.1, 0.15) is 29.2 Å². The molecule has 33 heavy (non-hydrogen) atoms. The molecule has 1 N–H and O–H groups in total. The molecule has 9 heteroatoms. The molecule has 7 nitrogen and oxygen atoms in total. The van der Waals surface area contributed by atoms with E-state index >= 15 is 0 Å². The van der Waals surface area contributed by atoms with Gasteiger partial charge < -0.3 is 24.3 Å². The maximum absolute atomic E-state index is 13.5. The molecule has 0 saturated heterocycles. The number of rotatable bonds is 4. The quantitative estimate of drug-likeness (QED) is 0.589. The lowest BCUT2D eigenvalue weighted by atomic mass is 9.59. The van der Waals surface area contributed by atoms with E-state index < -0.39 is 0 Å². The Bertz CT molecular complexity index is 1100. The molecule has 0 unspecified atom stereocenters. The lowest BCUT2D eigenvalue weighted by Crippen LogP contribution is -2.53. The van der Waals surface area contributed by atoms with Crippen molar-refractivity contribution in [3.8, 4) is 11.5 Å². The smallest absolute Gasteiger partial charge is 0.264 e. The molecule has 1 saturated carbocycles. The van der Waals surface area contributed by atoms with Gasteiger partial charge in [0.15, 0.2) is 0 Å². The van der Waals surface area contributed by atoms with Gasteiger partial charge in [0.25, 0.3) is 5.91 Å². The van der Waals surface area contributed by atoms with Crippen molar-refractivity contribution < 1.29 is 24.2 Å². The minimum absolute atomic E-state index is 0.0568. The summed E-state index contributed by atoms with van der Waals surface area (Å²) in [5.41, 5.74) is 2.75. The number of amides is 1. The number of ether oxygens (including phenoxy) is 2. The van der Waals surface area contributed by atoms with Crippen LogP contribution >= 0.6 is 27.3 Å². The Labute approximate surface area is 205 Å². The number of methoxy groups -OCH3 is 1. The molecule has 0 radical (unpaired) electrons.